The molecule has 134 valence electrons. The number of ketones is 1. The first-order chi connectivity index (χ1) is 11.1. The summed E-state index contributed by atoms with van der Waals surface area (Å²) in [6, 6.07) is 0. The largest absolute Gasteiger partial charge is 0.476 e. The maximum atomic E-state index is 10.9. The van der Waals surface area contributed by atoms with Crippen LogP contribution in [-0.2, 0) is 14.3 Å². The Bertz CT molecular complexity index is 336. The lowest BCUT2D eigenvalue weighted by Gasteiger charge is -2.13. The van der Waals surface area contributed by atoms with Crippen LogP contribution in [0.4, 0.5) is 0 Å². The molecule has 0 saturated heterocycles. The molecular formula is C19H34O4. The van der Waals surface area contributed by atoms with Crippen molar-refractivity contribution >= 4 is 11.8 Å². The Kier molecular flexibility index (Phi) is 14.9. The number of hydrogen-bond donors (Lipinski definition) is 1. The average Bonchev–Trinajstić information content (AvgIpc) is 2.54. The molecular weight excluding hydrogens is 292 g/mol. The van der Waals surface area contributed by atoms with Crippen LogP contribution < -0.4 is 0 Å². The SMILES string of the molecule is CCCCCC(CC/C=C\CCCCCCC(=O)C(=O)O)OC. The van der Waals surface area contributed by atoms with Gasteiger partial charge in [0.1, 0.15) is 0 Å². The highest BCUT2D eigenvalue weighted by atomic mass is 16.5. The quantitative estimate of drug-likeness (QED) is 0.248. The van der Waals surface area contributed by atoms with E-state index in [0.29, 0.717) is 12.5 Å². The van der Waals surface area contributed by atoms with Crippen molar-refractivity contribution in [3.8, 4) is 0 Å². The molecule has 1 N–H and O–H groups in total. The molecule has 23 heavy (non-hydrogen) atoms. The van der Waals surface area contributed by atoms with Crippen molar-refractivity contribution in [3.63, 3.8) is 0 Å². The maximum absolute atomic E-state index is 10.9. The van der Waals surface area contributed by atoms with Crippen molar-refractivity contribution in [2.75, 3.05) is 7.11 Å². The number of allylic oxidation sites excluding steroid dienone is 2. The summed E-state index contributed by atoms with van der Waals surface area (Å²) in [7, 11) is 1.80. The number of ether oxygens (including phenoxy) is 1. The van der Waals surface area contributed by atoms with Gasteiger partial charge in [-0.25, -0.2) is 4.79 Å². The molecule has 4 heteroatoms. The van der Waals surface area contributed by atoms with Crippen LogP contribution in [0.1, 0.15) is 84.0 Å². The van der Waals surface area contributed by atoms with Crippen molar-refractivity contribution in [3.05, 3.63) is 12.2 Å². The number of carbonyl (C=O) groups excluding carboxylic acids is 1. The summed E-state index contributed by atoms with van der Waals surface area (Å²) in [6.07, 6.45) is 16.9. The number of methoxy groups -OCH3 is 1. The Morgan fingerprint density at radius 1 is 0.957 bits per heavy atom. The van der Waals surface area contributed by atoms with Gasteiger partial charge >= 0.3 is 5.97 Å². The van der Waals surface area contributed by atoms with E-state index in [1.54, 1.807) is 7.11 Å². The van der Waals surface area contributed by atoms with Crippen LogP contribution in [-0.4, -0.2) is 30.1 Å². The molecule has 0 rings (SSSR count). The van der Waals surface area contributed by atoms with Gasteiger partial charge in [0.05, 0.1) is 6.10 Å². The van der Waals surface area contributed by atoms with E-state index in [2.05, 4.69) is 19.1 Å². The minimum absolute atomic E-state index is 0.168. The summed E-state index contributed by atoms with van der Waals surface area (Å²) in [6.45, 7) is 2.22. The third-order valence-electron chi connectivity index (χ3n) is 4.05. The number of carbonyl (C=O) groups is 2. The molecule has 1 unspecified atom stereocenters. The second kappa shape index (κ2) is 15.7. The molecule has 0 aliphatic heterocycles. The predicted molar refractivity (Wildman–Crippen MR) is 93.7 cm³/mol. The third-order valence-corrected chi connectivity index (χ3v) is 4.05. The fourth-order valence-electron chi connectivity index (χ4n) is 2.53. The first kappa shape index (κ1) is 21.8. The zero-order valence-corrected chi connectivity index (χ0v) is 14.9. The number of unbranched alkanes of at least 4 members (excludes halogenated alkanes) is 6. The van der Waals surface area contributed by atoms with Gasteiger partial charge in [-0.3, -0.25) is 4.79 Å². The Labute approximate surface area is 141 Å². The van der Waals surface area contributed by atoms with E-state index >= 15 is 0 Å². The number of hydrogen-bond acceptors (Lipinski definition) is 3. The number of aliphatic carboxylic acids is 1. The van der Waals surface area contributed by atoms with Gasteiger partial charge in [-0.15, -0.1) is 0 Å². The summed E-state index contributed by atoms with van der Waals surface area (Å²) in [5, 5.41) is 8.45. The second-order valence-electron chi connectivity index (χ2n) is 6.08. The van der Waals surface area contributed by atoms with Gasteiger partial charge in [0.15, 0.2) is 0 Å². The van der Waals surface area contributed by atoms with Gasteiger partial charge in [0, 0.05) is 13.5 Å². The molecule has 0 aliphatic rings. The Morgan fingerprint density at radius 3 is 2.30 bits per heavy atom. The molecule has 0 bridgehead atoms. The summed E-state index contributed by atoms with van der Waals surface area (Å²) < 4.78 is 5.50. The molecule has 4 nitrogen and oxygen atoms in total. The normalized spacial score (nSPS) is 12.6. The van der Waals surface area contributed by atoms with Gasteiger partial charge < -0.3 is 9.84 Å². The molecule has 0 saturated carbocycles. The van der Waals surface area contributed by atoms with E-state index < -0.39 is 11.8 Å². The van der Waals surface area contributed by atoms with Gasteiger partial charge in [0.2, 0.25) is 5.78 Å². The molecule has 0 heterocycles. The number of carboxylic acids is 1. The predicted octanol–water partition coefficient (Wildman–Crippen LogP) is 4.91. The lowest BCUT2D eigenvalue weighted by atomic mass is 10.1. The van der Waals surface area contributed by atoms with Crippen LogP contribution in [0.25, 0.3) is 0 Å². The van der Waals surface area contributed by atoms with Crippen LogP contribution in [0.5, 0.6) is 0 Å². The van der Waals surface area contributed by atoms with Gasteiger partial charge in [-0.05, 0) is 38.5 Å². The molecule has 0 radical (unpaired) electrons. The van der Waals surface area contributed by atoms with Gasteiger partial charge in [-0.2, -0.15) is 0 Å². The van der Waals surface area contributed by atoms with Crippen molar-refractivity contribution in [1.82, 2.24) is 0 Å². The number of Topliss-reactive ketones (excluding diaryl/α,β-unsaturated/α-hetero) is 1. The van der Waals surface area contributed by atoms with Crippen molar-refractivity contribution in [2.45, 2.75) is 90.1 Å². The van der Waals surface area contributed by atoms with Crippen LogP contribution >= 0.6 is 0 Å². The minimum atomic E-state index is -1.31. The van der Waals surface area contributed by atoms with Crippen molar-refractivity contribution < 1.29 is 19.4 Å². The van der Waals surface area contributed by atoms with Gasteiger partial charge in [-0.1, -0.05) is 51.2 Å². The molecule has 0 spiro atoms. The first-order valence-electron chi connectivity index (χ1n) is 9.05. The Hall–Kier alpha value is -1.16. The highest BCUT2D eigenvalue weighted by Crippen LogP contribution is 2.12. The van der Waals surface area contributed by atoms with Gasteiger partial charge in [0.25, 0.3) is 0 Å². The fourth-order valence-corrected chi connectivity index (χ4v) is 2.53. The molecule has 0 aromatic heterocycles. The van der Waals surface area contributed by atoms with E-state index in [0.717, 1.165) is 44.9 Å². The lowest BCUT2D eigenvalue weighted by Crippen LogP contribution is -2.11. The van der Waals surface area contributed by atoms with E-state index in [9.17, 15) is 9.59 Å². The summed E-state index contributed by atoms with van der Waals surface area (Å²) in [5.74, 6) is -1.98. The van der Waals surface area contributed by atoms with Crippen LogP contribution in [0.3, 0.4) is 0 Å². The van der Waals surface area contributed by atoms with E-state index in [1.165, 1.54) is 19.3 Å². The van der Waals surface area contributed by atoms with E-state index in [-0.39, 0.29) is 6.42 Å². The maximum Gasteiger partial charge on any atom is 0.372 e. The Morgan fingerprint density at radius 2 is 1.65 bits per heavy atom. The average molecular weight is 326 g/mol. The molecule has 1 atom stereocenters. The number of rotatable bonds is 16. The van der Waals surface area contributed by atoms with E-state index in [4.69, 9.17) is 9.84 Å². The Balaban J connectivity index is 3.46. The van der Waals surface area contributed by atoms with Crippen LogP contribution in [0, 0.1) is 0 Å². The summed E-state index contributed by atoms with van der Waals surface area (Å²) in [4.78, 5) is 21.2. The topological polar surface area (TPSA) is 63.6 Å². The fraction of sp³-hybridized carbons (Fsp3) is 0.789. The van der Waals surface area contributed by atoms with Crippen molar-refractivity contribution in [1.29, 1.82) is 0 Å². The minimum Gasteiger partial charge on any atom is -0.476 e. The molecule has 0 fully saturated rings. The lowest BCUT2D eigenvalue weighted by molar-refractivity contribution is -0.149. The van der Waals surface area contributed by atoms with Crippen LogP contribution in [0.15, 0.2) is 12.2 Å². The second-order valence-corrected chi connectivity index (χ2v) is 6.08. The van der Waals surface area contributed by atoms with E-state index in [1.807, 2.05) is 0 Å². The zero-order chi connectivity index (χ0) is 17.3. The van der Waals surface area contributed by atoms with Crippen molar-refractivity contribution in [2.24, 2.45) is 0 Å². The highest BCUT2D eigenvalue weighted by molar-refractivity contribution is 6.32. The highest BCUT2D eigenvalue weighted by Gasteiger charge is 2.09. The molecule has 0 amide bonds. The smallest absolute Gasteiger partial charge is 0.372 e. The zero-order valence-electron chi connectivity index (χ0n) is 14.9. The molecule has 0 aliphatic carbocycles. The summed E-state index contributed by atoms with van der Waals surface area (Å²) in [5.41, 5.74) is 0. The standard InChI is InChI=1S/C19H34O4/c1-3-4-11-14-17(23-2)15-12-9-7-5-6-8-10-13-16-18(20)19(21)22/h7,9,17H,3-6,8,10-16H2,1-2H3,(H,21,22)/b9-7-. The monoisotopic (exact) mass is 326 g/mol. The number of carboxylic acid groups (broad SMARTS) is 1. The summed E-state index contributed by atoms with van der Waals surface area (Å²) >= 11 is 0. The first-order valence-corrected chi connectivity index (χ1v) is 9.05. The third kappa shape index (κ3) is 14.2. The molecule has 0 aromatic carbocycles. The molecule has 0 aromatic rings. The van der Waals surface area contributed by atoms with Crippen LogP contribution in [0.2, 0.25) is 0 Å².